The fraction of sp³-hybridized carbons (Fsp3) is 0.192. The van der Waals surface area contributed by atoms with Gasteiger partial charge in [-0.05, 0) is 48.9 Å². The highest BCUT2D eigenvalue weighted by Gasteiger charge is 2.12. The van der Waals surface area contributed by atoms with Gasteiger partial charge in [-0.3, -0.25) is 4.79 Å². The van der Waals surface area contributed by atoms with Crippen LogP contribution in [-0.4, -0.2) is 32.3 Å². The number of hydrogen-bond donors (Lipinski definition) is 3. The number of carbonyl (C=O) groups excluding carboxylic acids is 1. The van der Waals surface area contributed by atoms with Gasteiger partial charge in [-0.1, -0.05) is 29.1 Å². The third-order valence-electron chi connectivity index (χ3n) is 5.12. The van der Waals surface area contributed by atoms with Gasteiger partial charge in [0.25, 0.3) is 0 Å². The SMILES string of the molecule is C[C@H](O)c1nccn1Cc1cc(-c2ccc(C#Cc3ccc(CNCC(N)=O)cc3)cc2)on1. The summed E-state index contributed by atoms with van der Waals surface area (Å²) in [5, 5.41) is 16.9. The van der Waals surface area contributed by atoms with Crippen molar-refractivity contribution in [2.45, 2.75) is 26.1 Å². The van der Waals surface area contributed by atoms with E-state index in [2.05, 4.69) is 27.3 Å². The lowest BCUT2D eigenvalue weighted by Crippen LogP contribution is -2.28. The van der Waals surface area contributed by atoms with Crippen LogP contribution in [0, 0.1) is 11.8 Å². The van der Waals surface area contributed by atoms with Crippen LogP contribution < -0.4 is 11.1 Å². The van der Waals surface area contributed by atoms with Gasteiger partial charge in [-0.25, -0.2) is 4.98 Å². The number of rotatable bonds is 8. The molecule has 0 bridgehead atoms. The molecule has 4 rings (SSSR count). The van der Waals surface area contributed by atoms with Gasteiger partial charge in [0.2, 0.25) is 5.91 Å². The van der Waals surface area contributed by atoms with E-state index in [9.17, 15) is 9.90 Å². The van der Waals surface area contributed by atoms with Crippen molar-refractivity contribution >= 4 is 5.91 Å². The molecule has 0 aliphatic rings. The van der Waals surface area contributed by atoms with E-state index in [1.165, 1.54) is 0 Å². The fourth-order valence-electron chi connectivity index (χ4n) is 3.42. The van der Waals surface area contributed by atoms with E-state index in [0.717, 1.165) is 27.9 Å². The van der Waals surface area contributed by atoms with E-state index >= 15 is 0 Å². The fourth-order valence-corrected chi connectivity index (χ4v) is 3.42. The minimum atomic E-state index is -0.654. The first-order chi connectivity index (χ1) is 16.5. The van der Waals surface area contributed by atoms with Crippen molar-refractivity contribution in [1.82, 2.24) is 20.0 Å². The molecule has 4 aromatic rings. The summed E-state index contributed by atoms with van der Waals surface area (Å²) in [5.74, 6) is 7.19. The van der Waals surface area contributed by atoms with Gasteiger partial charge in [0.05, 0.1) is 13.1 Å². The smallest absolute Gasteiger partial charge is 0.231 e. The van der Waals surface area contributed by atoms with Crippen molar-refractivity contribution in [1.29, 1.82) is 0 Å². The Morgan fingerprint density at radius 1 is 1.15 bits per heavy atom. The Morgan fingerprint density at radius 3 is 2.47 bits per heavy atom. The van der Waals surface area contributed by atoms with Crippen molar-refractivity contribution in [3.63, 3.8) is 0 Å². The summed E-state index contributed by atoms with van der Waals surface area (Å²) in [6.45, 7) is 2.87. The summed E-state index contributed by atoms with van der Waals surface area (Å²) in [6, 6.07) is 17.5. The van der Waals surface area contributed by atoms with Gasteiger partial charge in [-0.15, -0.1) is 0 Å². The van der Waals surface area contributed by atoms with E-state index in [4.69, 9.17) is 10.3 Å². The number of hydrogen-bond acceptors (Lipinski definition) is 6. The van der Waals surface area contributed by atoms with Crippen LogP contribution >= 0.6 is 0 Å². The van der Waals surface area contributed by atoms with Crippen molar-refractivity contribution in [3.8, 4) is 23.2 Å². The molecule has 8 nitrogen and oxygen atoms in total. The lowest BCUT2D eigenvalue weighted by Gasteiger charge is -2.07. The summed E-state index contributed by atoms with van der Waals surface area (Å²) in [4.78, 5) is 14.9. The molecule has 8 heteroatoms. The molecule has 1 atom stereocenters. The van der Waals surface area contributed by atoms with Crippen molar-refractivity contribution in [2.75, 3.05) is 6.54 Å². The van der Waals surface area contributed by atoms with Crippen molar-refractivity contribution < 1.29 is 14.4 Å². The maximum atomic E-state index is 10.8. The third-order valence-corrected chi connectivity index (χ3v) is 5.12. The largest absolute Gasteiger partial charge is 0.385 e. The number of nitrogens with two attached hydrogens (primary N) is 1. The first-order valence-corrected chi connectivity index (χ1v) is 10.8. The molecule has 0 aliphatic heterocycles. The Balaban J connectivity index is 1.37. The van der Waals surface area contributed by atoms with Crippen LogP contribution in [0.5, 0.6) is 0 Å². The molecule has 0 unspecified atom stereocenters. The number of aliphatic hydroxyl groups excluding tert-OH is 1. The minimum absolute atomic E-state index is 0.154. The Bertz CT molecular complexity index is 1310. The standard InChI is InChI=1S/C26H25N5O3/c1-18(32)26-29-12-13-31(26)17-23-14-24(34-30-23)22-10-8-20(9-11-22)3-2-19-4-6-21(7-5-19)15-28-16-25(27)33/h4-14,18,28,32H,15-17H2,1H3,(H2,27,33)/t18-/m0/s1. The Kier molecular flexibility index (Phi) is 7.18. The number of benzene rings is 2. The molecule has 34 heavy (non-hydrogen) atoms. The molecule has 2 aromatic carbocycles. The number of primary amides is 1. The van der Waals surface area contributed by atoms with Crippen LogP contribution in [0.2, 0.25) is 0 Å². The number of imidazole rings is 1. The molecule has 0 saturated carbocycles. The summed E-state index contributed by atoms with van der Waals surface area (Å²) in [6.07, 6.45) is 2.80. The van der Waals surface area contributed by atoms with Crippen LogP contribution in [0.1, 0.15) is 41.2 Å². The number of aromatic nitrogens is 3. The van der Waals surface area contributed by atoms with E-state index in [1.54, 1.807) is 19.3 Å². The zero-order valence-corrected chi connectivity index (χ0v) is 18.7. The normalized spacial score (nSPS) is 11.6. The highest BCUT2D eigenvalue weighted by molar-refractivity contribution is 5.75. The number of nitrogens with zero attached hydrogens (tertiary/aromatic N) is 3. The van der Waals surface area contributed by atoms with Gasteiger partial charge in [0.15, 0.2) is 5.76 Å². The molecule has 2 heterocycles. The molecular weight excluding hydrogens is 430 g/mol. The average Bonchev–Trinajstić information content (AvgIpc) is 3.49. The molecule has 0 fully saturated rings. The first-order valence-electron chi connectivity index (χ1n) is 10.8. The second kappa shape index (κ2) is 10.6. The number of aliphatic hydroxyl groups is 1. The van der Waals surface area contributed by atoms with Crippen molar-refractivity contribution in [2.24, 2.45) is 5.73 Å². The summed E-state index contributed by atoms with van der Waals surface area (Å²) < 4.78 is 7.35. The van der Waals surface area contributed by atoms with Gasteiger partial charge in [0, 0.05) is 41.7 Å². The lowest BCUT2D eigenvalue weighted by atomic mass is 10.1. The molecule has 172 valence electrons. The first kappa shape index (κ1) is 23.0. The van der Waals surface area contributed by atoms with Crippen LogP contribution in [0.15, 0.2) is 71.5 Å². The number of nitrogens with one attached hydrogen (secondary N) is 1. The van der Waals surface area contributed by atoms with E-state index in [1.807, 2.05) is 59.2 Å². The highest BCUT2D eigenvalue weighted by atomic mass is 16.5. The molecule has 4 N–H and O–H groups in total. The van der Waals surface area contributed by atoms with Crippen molar-refractivity contribution in [3.05, 3.63) is 95.2 Å². The number of carbonyl (C=O) groups is 1. The summed E-state index contributed by atoms with van der Waals surface area (Å²) in [5.41, 5.74) is 9.60. The molecule has 0 aliphatic carbocycles. The van der Waals surface area contributed by atoms with Crippen LogP contribution in [-0.2, 0) is 17.9 Å². The molecule has 0 radical (unpaired) electrons. The van der Waals surface area contributed by atoms with Gasteiger partial charge >= 0.3 is 0 Å². The van der Waals surface area contributed by atoms with E-state index in [0.29, 0.717) is 24.7 Å². The molecular formula is C26H25N5O3. The Morgan fingerprint density at radius 2 is 1.82 bits per heavy atom. The maximum Gasteiger partial charge on any atom is 0.231 e. The summed E-state index contributed by atoms with van der Waals surface area (Å²) >= 11 is 0. The zero-order valence-electron chi connectivity index (χ0n) is 18.7. The van der Waals surface area contributed by atoms with Crippen LogP contribution in [0.25, 0.3) is 11.3 Å². The Labute approximate surface area is 197 Å². The van der Waals surface area contributed by atoms with Gasteiger partial charge in [-0.2, -0.15) is 0 Å². The van der Waals surface area contributed by atoms with Crippen LogP contribution in [0.4, 0.5) is 0 Å². The Hall–Kier alpha value is -4.19. The van der Waals surface area contributed by atoms with E-state index in [-0.39, 0.29) is 12.5 Å². The molecule has 2 aromatic heterocycles. The van der Waals surface area contributed by atoms with Gasteiger partial charge in [0.1, 0.15) is 17.6 Å². The molecule has 1 amide bonds. The second-order valence-corrected chi connectivity index (χ2v) is 7.87. The van der Waals surface area contributed by atoms with Gasteiger partial charge < -0.3 is 25.2 Å². The monoisotopic (exact) mass is 455 g/mol. The molecule has 0 spiro atoms. The topological polar surface area (TPSA) is 119 Å². The third kappa shape index (κ3) is 5.98. The number of amides is 1. The minimum Gasteiger partial charge on any atom is -0.385 e. The lowest BCUT2D eigenvalue weighted by molar-refractivity contribution is -0.117. The molecule has 0 saturated heterocycles. The predicted molar refractivity (Wildman–Crippen MR) is 127 cm³/mol. The summed E-state index contributed by atoms with van der Waals surface area (Å²) in [7, 11) is 0. The second-order valence-electron chi connectivity index (χ2n) is 7.87. The average molecular weight is 456 g/mol. The van der Waals surface area contributed by atoms with E-state index < -0.39 is 6.10 Å². The predicted octanol–water partition coefficient (Wildman–Crippen LogP) is 2.61. The quantitative estimate of drug-likeness (QED) is 0.352. The zero-order chi connectivity index (χ0) is 23.9. The van der Waals surface area contributed by atoms with Crippen LogP contribution in [0.3, 0.4) is 0 Å². The highest BCUT2D eigenvalue weighted by Crippen LogP contribution is 2.22. The maximum absolute atomic E-state index is 10.8.